The molecule has 1 aliphatic rings. The molecule has 1 amide bonds. The first-order chi connectivity index (χ1) is 16.8. The second-order valence-electron chi connectivity index (χ2n) is 8.27. The van der Waals surface area contributed by atoms with Crippen LogP contribution in [0.3, 0.4) is 0 Å². The zero-order chi connectivity index (χ0) is 24.9. The van der Waals surface area contributed by atoms with Crippen molar-refractivity contribution in [2.45, 2.75) is 12.7 Å². The average molecular weight is 540 g/mol. The average Bonchev–Trinajstić information content (AvgIpc) is 2.85. The predicted molar refractivity (Wildman–Crippen MR) is 134 cm³/mol. The Balaban J connectivity index is 1.41. The van der Waals surface area contributed by atoms with E-state index >= 15 is 0 Å². The summed E-state index contributed by atoms with van der Waals surface area (Å²) in [5.41, 5.74) is 1.23. The number of carbonyl (C=O) groups excluding carboxylic acids is 1. The lowest BCUT2D eigenvalue weighted by molar-refractivity contribution is 0.00145. The smallest absolute Gasteiger partial charge is 0.253 e. The van der Waals surface area contributed by atoms with Gasteiger partial charge >= 0.3 is 0 Å². The van der Waals surface area contributed by atoms with Gasteiger partial charge in [0, 0.05) is 48.9 Å². The van der Waals surface area contributed by atoms with E-state index in [-0.39, 0.29) is 18.1 Å². The molecule has 1 heterocycles. The molecule has 3 aromatic rings. The van der Waals surface area contributed by atoms with E-state index < -0.39 is 17.7 Å². The molecule has 0 radical (unpaired) electrons. The van der Waals surface area contributed by atoms with E-state index in [0.717, 1.165) is 5.56 Å². The standard InChI is InChI=1S/C26H23Cl3F2N2O2/c27-19-7-4-17(5-8-19)25(35-16-20-23(30)2-1-3-24(20)31)15-32-10-12-33(13-11-32)26(34)18-6-9-21(28)22(29)14-18/h1-9,14,25H,10-13,15-16H2. The summed E-state index contributed by atoms with van der Waals surface area (Å²) in [6, 6.07) is 15.8. The molecule has 0 aliphatic carbocycles. The van der Waals surface area contributed by atoms with E-state index in [1.165, 1.54) is 18.2 Å². The van der Waals surface area contributed by atoms with Gasteiger partial charge in [-0.25, -0.2) is 8.78 Å². The fraction of sp³-hybridized carbons (Fsp3) is 0.269. The van der Waals surface area contributed by atoms with Crippen molar-refractivity contribution < 1.29 is 18.3 Å². The molecule has 0 bridgehead atoms. The number of hydrogen-bond acceptors (Lipinski definition) is 3. The first-order valence-corrected chi connectivity index (χ1v) is 12.2. The van der Waals surface area contributed by atoms with Gasteiger partial charge in [0.2, 0.25) is 0 Å². The van der Waals surface area contributed by atoms with Crippen LogP contribution in [0.15, 0.2) is 60.7 Å². The van der Waals surface area contributed by atoms with Gasteiger partial charge in [0.1, 0.15) is 11.6 Å². The van der Waals surface area contributed by atoms with Crippen molar-refractivity contribution in [2.24, 2.45) is 0 Å². The van der Waals surface area contributed by atoms with E-state index in [1.807, 2.05) is 12.1 Å². The zero-order valence-corrected chi connectivity index (χ0v) is 21.0. The predicted octanol–water partition coefficient (Wildman–Crippen LogP) is 6.64. The fourth-order valence-corrected chi connectivity index (χ4v) is 4.39. The Hall–Kier alpha value is -2.22. The van der Waals surface area contributed by atoms with Gasteiger partial charge in [0.25, 0.3) is 5.91 Å². The topological polar surface area (TPSA) is 32.8 Å². The van der Waals surface area contributed by atoms with Crippen LogP contribution in [0.1, 0.15) is 27.6 Å². The van der Waals surface area contributed by atoms with Crippen LogP contribution >= 0.6 is 34.8 Å². The number of nitrogens with zero attached hydrogens (tertiary/aromatic N) is 2. The van der Waals surface area contributed by atoms with Gasteiger partial charge in [-0.05, 0) is 48.0 Å². The number of carbonyl (C=O) groups is 1. The molecule has 0 N–H and O–H groups in total. The lowest BCUT2D eigenvalue weighted by Gasteiger charge is -2.36. The fourth-order valence-electron chi connectivity index (χ4n) is 3.97. The molecule has 1 aliphatic heterocycles. The third-order valence-electron chi connectivity index (χ3n) is 5.98. The molecule has 1 saturated heterocycles. The maximum Gasteiger partial charge on any atom is 0.253 e. The monoisotopic (exact) mass is 538 g/mol. The summed E-state index contributed by atoms with van der Waals surface area (Å²) in [6.07, 6.45) is -0.441. The first kappa shape index (κ1) is 25.9. The highest BCUT2D eigenvalue weighted by atomic mass is 35.5. The molecule has 0 spiro atoms. The largest absolute Gasteiger partial charge is 0.367 e. The molecular weight excluding hydrogens is 517 g/mol. The Kier molecular flexibility index (Phi) is 8.63. The number of benzene rings is 3. The van der Waals surface area contributed by atoms with Crippen LogP contribution in [-0.2, 0) is 11.3 Å². The molecule has 0 saturated carbocycles. The lowest BCUT2D eigenvalue weighted by atomic mass is 10.1. The van der Waals surface area contributed by atoms with E-state index in [0.29, 0.717) is 53.4 Å². The molecule has 0 aromatic heterocycles. The lowest BCUT2D eigenvalue weighted by Crippen LogP contribution is -2.49. The van der Waals surface area contributed by atoms with Gasteiger partial charge in [-0.3, -0.25) is 9.69 Å². The highest BCUT2D eigenvalue weighted by Gasteiger charge is 2.25. The number of ether oxygens (including phenoxy) is 1. The molecule has 1 fully saturated rings. The van der Waals surface area contributed by atoms with Crippen LogP contribution in [0.5, 0.6) is 0 Å². The van der Waals surface area contributed by atoms with E-state index in [1.54, 1.807) is 35.2 Å². The van der Waals surface area contributed by atoms with Crippen molar-refractivity contribution in [1.29, 1.82) is 0 Å². The van der Waals surface area contributed by atoms with Crippen molar-refractivity contribution >= 4 is 40.7 Å². The molecule has 4 rings (SSSR count). The minimum Gasteiger partial charge on any atom is -0.367 e. The SMILES string of the molecule is O=C(c1ccc(Cl)c(Cl)c1)N1CCN(CC(OCc2c(F)cccc2F)c2ccc(Cl)cc2)CC1. The molecular formula is C26H23Cl3F2N2O2. The van der Waals surface area contributed by atoms with Crippen molar-refractivity contribution in [2.75, 3.05) is 32.7 Å². The van der Waals surface area contributed by atoms with Crippen molar-refractivity contribution in [3.63, 3.8) is 0 Å². The van der Waals surface area contributed by atoms with Crippen LogP contribution in [0.25, 0.3) is 0 Å². The Morgan fingerprint density at radius 2 is 1.54 bits per heavy atom. The van der Waals surface area contributed by atoms with Gasteiger partial charge in [0.15, 0.2) is 0 Å². The summed E-state index contributed by atoms with van der Waals surface area (Å²) in [7, 11) is 0. The van der Waals surface area contributed by atoms with Gasteiger partial charge < -0.3 is 9.64 Å². The van der Waals surface area contributed by atoms with E-state index in [4.69, 9.17) is 39.5 Å². The molecule has 1 unspecified atom stereocenters. The van der Waals surface area contributed by atoms with Crippen molar-refractivity contribution in [3.05, 3.63) is 104 Å². The molecule has 9 heteroatoms. The summed E-state index contributed by atoms with van der Waals surface area (Å²) in [5, 5.41) is 1.32. The van der Waals surface area contributed by atoms with E-state index in [9.17, 15) is 13.6 Å². The van der Waals surface area contributed by atoms with Crippen LogP contribution in [0.2, 0.25) is 15.1 Å². The Morgan fingerprint density at radius 3 is 2.17 bits per heavy atom. The maximum atomic E-state index is 14.1. The Labute approximate surface area is 217 Å². The van der Waals surface area contributed by atoms with Crippen molar-refractivity contribution in [1.82, 2.24) is 9.80 Å². The summed E-state index contributed by atoms with van der Waals surface area (Å²) in [5.74, 6) is -1.40. The van der Waals surface area contributed by atoms with Crippen molar-refractivity contribution in [3.8, 4) is 0 Å². The van der Waals surface area contributed by atoms with E-state index in [2.05, 4.69) is 4.90 Å². The Bertz CT molecular complexity index is 1170. The highest BCUT2D eigenvalue weighted by molar-refractivity contribution is 6.42. The number of amides is 1. The first-order valence-electron chi connectivity index (χ1n) is 11.1. The second-order valence-corrected chi connectivity index (χ2v) is 9.52. The quantitative estimate of drug-likeness (QED) is 0.337. The second kappa shape index (κ2) is 11.7. The normalized spacial score (nSPS) is 15.3. The van der Waals surface area contributed by atoms with Gasteiger partial charge in [-0.1, -0.05) is 53.0 Å². The van der Waals surface area contributed by atoms with Crippen LogP contribution in [-0.4, -0.2) is 48.4 Å². The summed E-state index contributed by atoms with van der Waals surface area (Å²) >= 11 is 18.0. The summed E-state index contributed by atoms with van der Waals surface area (Å²) in [4.78, 5) is 16.8. The third-order valence-corrected chi connectivity index (χ3v) is 6.97. The van der Waals surface area contributed by atoms with Gasteiger partial charge in [-0.2, -0.15) is 0 Å². The summed E-state index contributed by atoms with van der Waals surface area (Å²) in [6.45, 7) is 2.57. The highest BCUT2D eigenvalue weighted by Crippen LogP contribution is 2.26. The number of rotatable bonds is 7. The molecule has 35 heavy (non-hydrogen) atoms. The molecule has 184 valence electrons. The van der Waals surface area contributed by atoms with Crippen LogP contribution in [0, 0.1) is 11.6 Å². The number of hydrogen-bond donors (Lipinski definition) is 0. The maximum absolute atomic E-state index is 14.1. The van der Waals surface area contributed by atoms with Gasteiger partial charge in [-0.15, -0.1) is 0 Å². The minimum absolute atomic E-state index is 0.108. The molecule has 4 nitrogen and oxygen atoms in total. The number of halogens is 5. The summed E-state index contributed by atoms with van der Waals surface area (Å²) < 4.78 is 34.3. The van der Waals surface area contributed by atoms with Crippen LogP contribution in [0.4, 0.5) is 8.78 Å². The molecule has 1 atom stereocenters. The Morgan fingerprint density at radius 1 is 0.886 bits per heavy atom. The number of piperazine rings is 1. The van der Waals surface area contributed by atoms with Gasteiger partial charge in [0.05, 0.1) is 22.8 Å². The van der Waals surface area contributed by atoms with Crippen LogP contribution < -0.4 is 0 Å². The minimum atomic E-state index is -0.644. The molecule has 3 aromatic carbocycles. The zero-order valence-electron chi connectivity index (χ0n) is 18.7. The third kappa shape index (κ3) is 6.51.